The van der Waals surface area contributed by atoms with Crippen LogP contribution in [0.5, 0.6) is 0 Å². The second-order valence-electron chi connectivity index (χ2n) is 2.53. The highest BCUT2D eigenvalue weighted by Gasteiger charge is 1.95. The minimum atomic E-state index is 0. The van der Waals surface area contributed by atoms with Crippen molar-refractivity contribution in [2.24, 2.45) is 4.99 Å². The molecule has 1 heterocycles. The summed E-state index contributed by atoms with van der Waals surface area (Å²) in [6, 6.07) is 8.25. The Morgan fingerprint density at radius 1 is 1.00 bits per heavy atom. The molecule has 0 saturated carbocycles. The van der Waals surface area contributed by atoms with Crippen LogP contribution in [0.2, 0.25) is 0 Å². The van der Waals surface area contributed by atoms with E-state index in [-0.39, 0.29) is 24.8 Å². The molecule has 0 N–H and O–H groups in total. The zero-order valence-corrected chi connectivity index (χ0v) is 8.65. The van der Waals surface area contributed by atoms with Crippen molar-refractivity contribution >= 4 is 37.1 Å². The second-order valence-corrected chi connectivity index (χ2v) is 2.53. The molecule has 0 aliphatic carbocycles. The number of rotatable bonds is 0. The van der Waals surface area contributed by atoms with Crippen molar-refractivity contribution in [2.45, 2.75) is 0 Å². The molecule has 0 atom stereocenters. The van der Waals surface area contributed by atoms with Crippen LogP contribution in [0.3, 0.4) is 0 Å². The van der Waals surface area contributed by atoms with Gasteiger partial charge in [0.1, 0.15) is 0 Å². The quantitative estimate of drug-likeness (QED) is 0.632. The molecule has 1 aromatic rings. The molecule has 0 unspecified atom stereocenters. The van der Waals surface area contributed by atoms with Crippen LogP contribution in [0.4, 0.5) is 0 Å². The number of nitrogens with zero attached hydrogens (tertiary/aromatic N) is 1. The number of aliphatic imine (C=N–C) groups is 1. The zero-order valence-electron chi connectivity index (χ0n) is 7.01. The van der Waals surface area contributed by atoms with Gasteiger partial charge in [0.2, 0.25) is 0 Å². The minimum absolute atomic E-state index is 0. The maximum atomic E-state index is 4.20. The van der Waals surface area contributed by atoms with Crippen LogP contribution in [0.25, 0.3) is 6.08 Å². The molecule has 0 radical (unpaired) electrons. The van der Waals surface area contributed by atoms with Gasteiger partial charge >= 0.3 is 0 Å². The monoisotopic (exact) mass is 215 g/mol. The summed E-state index contributed by atoms with van der Waals surface area (Å²) >= 11 is 0. The van der Waals surface area contributed by atoms with E-state index >= 15 is 0 Å². The number of hydrogen-bond acceptors (Lipinski definition) is 1. The Kier molecular flexibility index (Phi) is 5.44. The average molecular weight is 216 g/mol. The first kappa shape index (κ1) is 12.2. The third-order valence-electron chi connectivity index (χ3n) is 1.73. The summed E-state index contributed by atoms with van der Waals surface area (Å²) in [6.45, 7) is 0.800. The molecule has 1 nitrogen and oxygen atoms in total. The molecule has 3 heteroatoms. The zero-order chi connectivity index (χ0) is 7.52. The van der Waals surface area contributed by atoms with Crippen molar-refractivity contribution in [2.75, 3.05) is 6.54 Å². The van der Waals surface area contributed by atoms with Gasteiger partial charge in [-0.25, -0.2) is 0 Å². The van der Waals surface area contributed by atoms with E-state index in [2.05, 4.69) is 29.3 Å². The van der Waals surface area contributed by atoms with Gasteiger partial charge < -0.3 is 0 Å². The highest BCUT2D eigenvalue weighted by Crippen LogP contribution is 2.10. The first-order valence-electron chi connectivity index (χ1n) is 3.72. The Balaban J connectivity index is 0.000000720. The van der Waals surface area contributed by atoms with Gasteiger partial charge in [-0.1, -0.05) is 36.4 Å². The number of halogens is 2. The lowest BCUT2D eigenvalue weighted by molar-refractivity contribution is 1.27. The fourth-order valence-electron chi connectivity index (χ4n) is 1.17. The predicted molar refractivity (Wildman–Crippen MR) is 62.4 cm³/mol. The standard InChI is InChI=1S/C10H9N.2ClH/c1-2-5-10-8-11-7-3-6-9(10)4-1;;/h1-6,8H,7H2;2*1H. The van der Waals surface area contributed by atoms with Crippen molar-refractivity contribution in [1.82, 2.24) is 0 Å². The predicted octanol–water partition coefficient (Wildman–Crippen LogP) is 2.98. The van der Waals surface area contributed by atoms with E-state index in [0.717, 1.165) is 6.54 Å². The van der Waals surface area contributed by atoms with Crippen molar-refractivity contribution in [3.8, 4) is 0 Å². The van der Waals surface area contributed by atoms with E-state index in [0.29, 0.717) is 0 Å². The molecule has 0 aromatic heterocycles. The van der Waals surface area contributed by atoms with E-state index < -0.39 is 0 Å². The lowest BCUT2D eigenvalue weighted by Gasteiger charge is -1.95. The SMILES string of the molecule is C1=Cc2ccccc2C=NC1.Cl.Cl. The second kappa shape index (κ2) is 5.79. The molecule has 0 bridgehead atoms. The Morgan fingerprint density at radius 2 is 1.69 bits per heavy atom. The third-order valence-corrected chi connectivity index (χ3v) is 1.73. The fraction of sp³-hybridized carbons (Fsp3) is 0.100. The van der Waals surface area contributed by atoms with Crippen LogP contribution in [0.15, 0.2) is 35.3 Å². The number of hydrogen-bond donors (Lipinski definition) is 0. The lowest BCUT2D eigenvalue weighted by Crippen LogP contribution is -1.83. The van der Waals surface area contributed by atoms with Gasteiger partial charge in [-0.05, 0) is 11.1 Å². The maximum Gasteiger partial charge on any atom is 0.0573 e. The minimum Gasteiger partial charge on any atom is -0.288 e. The van der Waals surface area contributed by atoms with Crippen molar-refractivity contribution in [3.63, 3.8) is 0 Å². The van der Waals surface area contributed by atoms with Gasteiger partial charge in [0.15, 0.2) is 0 Å². The number of fused-ring (bicyclic) bond motifs is 1. The third kappa shape index (κ3) is 2.87. The van der Waals surface area contributed by atoms with Crippen molar-refractivity contribution in [3.05, 3.63) is 41.5 Å². The summed E-state index contributed by atoms with van der Waals surface area (Å²) in [7, 11) is 0. The van der Waals surface area contributed by atoms with Crippen molar-refractivity contribution in [1.29, 1.82) is 0 Å². The topological polar surface area (TPSA) is 12.4 Å². The van der Waals surface area contributed by atoms with E-state index in [1.54, 1.807) is 0 Å². The summed E-state index contributed by atoms with van der Waals surface area (Å²) in [4.78, 5) is 4.20. The Morgan fingerprint density at radius 3 is 2.46 bits per heavy atom. The van der Waals surface area contributed by atoms with Gasteiger partial charge in [-0.2, -0.15) is 0 Å². The van der Waals surface area contributed by atoms with Crippen LogP contribution in [0, 0.1) is 0 Å². The molecule has 1 aromatic carbocycles. The molecule has 2 rings (SSSR count). The summed E-state index contributed by atoms with van der Waals surface area (Å²) in [5, 5.41) is 0. The van der Waals surface area contributed by atoms with Crippen LogP contribution in [-0.2, 0) is 0 Å². The smallest absolute Gasteiger partial charge is 0.0573 e. The molecule has 1 aliphatic heterocycles. The van der Waals surface area contributed by atoms with Gasteiger partial charge in [0, 0.05) is 6.21 Å². The number of benzene rings is 1. The molecular formula is C10H11Cl2N. The normalized spacial score (nSPS) is 12.0. The first-order valence-corrected chi connectivity index (χ1v) is 3.72. The van der Waals surface area contributed by atoms with E-state index in [1.165, 1.54) is 11.1 Å². The van der Waals surface area contributed by atoms with E-state index in [4.69, 9.17) is 0 Å². The molecular weight excluding hydrogens is 205 g/mol. The van der Waals surface area contributed by atoms with E-state index in [9.17, 15) is 0 Å². The first-order chi connectivity index (χ1) is 5.47. The highest BCUT2D eigenvalue weighted by atomic mass is 35.5. The van der Waals surface area contributed by atoms with Crippen LogP contribution >= 0.6 is 24.8 Å². The summed E-state index contributed by atoms with van der Waals surface area (Å²) in [5.41, 5.74) is 2.47. The Bertz CT molecular complexity index is 287. The molecule has 0 fully saturated rings. The average Bonchev–Trinajstić information content (AvgIpc) is 2.28. The van der Waals surface area contributed by atoms with Gasteiger partial charge in [0.25, 0.3) is 0 Å². The molecule has 70 valence electrons. The van der Waals surface area contributed by atoms with Gasteiger partial charge in [-0.3, -0.25) is 4.99 Å². The van der Waals surface area contributed by atoms with Crippen LogP contribution < -0.4 is 0 Å². The molecule has 13 heavy (non-hydrogen) atoms. The van der Waals surface area contributed by atoms with Gasteiger partial charge in [0.05, 0.1) is 6.54 Å². The molecule has 0 amide bonds. The van der Waals surface area contributed by atoms with Gasteiger partial charge in [-0.15, -0.1) is 24.8 Å². The summed E-state index contributed by atoms with van der Waals surface area (Å²) in [6.07, 6.45) is 6.11. The summed E-state index contributed by atoms with van der Waals surface area (Å²) < 4.78 is 0. The largest absolute Gasteiger partial charge is 0.288 e. The van der Waals surface area contributed by atoms with Crippen LogP contribution in [-0.4, -0.2) is 12.8 Å². The Labute approximate surface area is 90.4 Å². The fourth-order valence-corrected chi connectivity index (χ4v) is 1.17. The lowest BCUT2D eigenvalue weighted by atomic mass is 10.1. The molecule has 0 spiro atoms. The maximum absolute atomic E-state index is 4.20. The van der Waals surface area contributed by atoms with Crippen molar-refractivity contribution < 1.29 is 0 Å². The highest BCUT2D eigenvalue weighted by molar-refractivity contribution is 5.86. The van der Waals surface area contributed by atoms with E-state index in [1.807, 2.05) is 18.3 Å². The Hall–Kier alpha value is -0.790. The molecule has 0 saturated heterocycles. The summed E-state index contributed by atoms with van der Waals surface area (Å²) in [5.74, 6) is 0. The molecule has 1 aliphatic rings. The van der Waals surface area contributed by atoms with Crippen LogP contribution in [0.1, 0.15) is 11.1 Å².